The second-order valence-electron chi connectivity index (χ2n) is 15.4. The van der Waals surface area contributed by atoms with Crippen molar-refractivity contribution in [2.45, 2.75) is 83.2 Å². The average Bonchev–Trinajstić information content (AvgIpc) is 3.63. The number of nitrogens with one attached hydrogen (secondary N) is 5. The summed E-state index contributed by atoms with van der Waals surface area (Å²) in [6.45, 7) is 2.18. The van der Waals surface area contributed by atoms with Crippen molar-refractivity contribution >= 4 is 46.4 Å². The van der Waals surface area contributed by atoms with Crippen molar-refractivity contribution in [3.8, 4) is 11.4 Å². The summed E-state index contributed by atoms with van der Waals surface area (Å²) in [5.41, 5.74) is 7.66. The van der Waals surface area contributed by atoms with E-state index in [1.165, 1.54) is 10.6 Å². The molecular formula is C43H47FN8O9. The van der Waals surface area contributed by atoms with Gasteiger partial charge in [0.15, 0.2) is 5.60 Å². The van der Waals surface area contributed by atoms with Crippen LogP contribution in [0.2, 0.25) is 0 Å². The fourth-order valence-corrected chi connectivity index (χ4v) is 8.35. The van der Waals surface area contributed by atoms with Crippen molar-refractivity contribution in [1.29, 1.82) is 0 Å². The van der Waals surface area contributed by atoms with E-state index in [4.69, 9.17) is 15.5 Å². The zero-order valence-corrected chi connectivity index (χ0v) is 33.7. The molecule has 5 amide bonds. The lowest BCUT2D eigenvalue weighted by Crippen LogP contribution is -2.52. The number of ether oxygens (including phenoxy) is 1. The number of cyclic esters (lactones) is 1. The minimum Gasteiger partial charge on any atom is -0.458 e. The number of nitrogens with two attached hydrogens (primary N) is 1. The van der Waals surface area contributed by atoms with Crippen LogP contribution in [0, 0.1) is 12.7 Å². The van der Waals surface area contributed by atoms with E-state index in [2.05, 4.69) is 26.6 Å². The number of carbonyl (C=O) groups excluding carboxylic acids is 6. The predicted molar refractivity (Wildman–Crippen MR) is 218 cm³/mol. The van der Waals surface area contributed by atoms with Crippen LogP contribution in [0.3, 0.4) is 0 Å². The first-order valence-electron chi connectivity index (χ1n) is 20.2. The van der Waals surface area contributed by atoms with Crippen molar-refractivity contribution in [1.82, 2.24) is 36.1 Å². The number of rotatable bonds is 15. The van der Waals surface area contributed by atoms with Gasteiger partial charge in [0.2, 0.25) is 29.5 Å². The molecule has 2 aliphatic heterocycles. The molecule has 0 spiro atoms. The summed E-state index contributed by atoms with van der Waals surface area (Å²) < 4.78 is 22.0. The Morgan fingerprint density at radius 3 is 2.49 bits per heavy atom. The third kappa shape index (κ3) is 8.45. The van der Waals surface area contributed by atoms with Crippen molar-refractivity contribution in [2.24, 2.45) is 5.73 Å². The van der Waals surface area contributed by atoms with Gasteiger partial charge in [0.25, 0.3) is 5.56 Å². The van der Waals surface area contributed by atoms with Gasteiger partial charge in [-0.2, -0.15) is 0 Å². The largest absolute Gasteiger partial charge is 0.458 e. The Kier molecular flexibility index (Phi) is 12.3. The number of pyridine rings is 2. The highest BCUT2D eigenvalue weighted by Crippen LogP contribution is 2.46. The number of nitrogens with zero attached hydrogens (tertiary/aromatic N) is 2. The van der Waals surface area contributed by atoms with Crippen LogP contribution in [0.15, 0.2) is 47.3 Å². The van der Waals surface area contributed by atoms with E-state index in [1.807, 2.05) is 6.07 Å². The lowest BCUT2D eigenvalue weighted by molar-refractivity contribution is -0.172. The number of hydrogen-bond donors (Lipinski definition) is 7. The van der Waals surface area contributed by atoms with E-state index in [9.17, 15) is 38.7 Å². The smallest absolute Gasteiger partial charge is 0.343 e. The van der Waals surface area contributed by atoms with Gasteiger partial charge in [-0.15, -0.1) is 0 Å². The topological polar surface area (TPSA) is 253 Å². The van der Waals surface area contributed by atoms with E-state index < -0.39 is 65.2 Å². The van der Waals surface area contributed by atoms with Gasteiger partial charge in [0.1, 0.15) is 18.5 Å². The second kappa shape index (κ2) is 17.6. The SMILES string of the molecule is CC[C@@]1(O)C(=O)OCc2c1cc1n(c2=O)Cc2c-1nc1cc(F)c(C)c3c1c2[C@@H](NC(=O)CCCNC(=O)CNC(=O)C(Cc1ccccc1)NC(=O)CNC(=O)CN)CC3. The van der Waals surface area contributed by atoms with E-state index in [0.717, 1.165) is 16.7 Å². The molecule has 4 aromatic rings. The highest BCUT2D eigenvalue weighted by atomic mass is 19.1. The number of carbonyl (C=O) groups is 6. The van der Waals surface area contributed by atoms with Crippen LogP contribution in [-0.2, 0) is 65.1 Å². The van der Waals surface area contributed by atoms with Crippen molar-refractivity contribution < 1.29 is 43.0 Å². The number of aryl methyl sites for hydroxylation is 1. The Morgan fingerprint density at radius 1 is 1.00 bits per heavy atom. The van der Waals surface area contributed by atoms with Crippen molar-refractivity contribution in [3.63, 3.8) is 0 Å². The second-order valence-corrected chi connectivity index (χ2v) is 15.4. The summed E-state index contributed by atoms with van der Waals surface area (Å²) in [6.07, 6.45) is 1.31. The minimum atomic E-state index is -2.02. The molecule has 18 heteroatoms. The molecule has 320 valence electrons. The molecule has 1 aliphatic carbocycles. The fraction of sp³-hybridized carbons (Fsp3) is 0.395. The molecular weight excluding hydrogens is 792 g/mol. The van der Waals surface area contributed by atoms with E-state index in [0.29, 0.717) is 46.3 Å². The first-order valence-corrected chi connectivity index (χ1v) is 20.2. The summed E-state index contributed by atoms with van der Waals surface area (Å²) >= 11 is 0. The average molecular weight is 839 g/mol. The van der Waals surface area contributed by atoms with Crippen molar-refractivity contribution in [3.05, 3.63) is 97.6 Å². The summed E-state index contributed by atoms with van der Waals surface area (Å²) in [6, 6.07) is 10.3. The fourth-order valence-electron chi connectivity index (χ4n) is 8.35. The Morgan fingerprint density at radius 2 is 1.75 bits per heavy atom. The number of fused-ring (bicyclic) bond motifs is 5. The Labute approximate surface area is 349 Å². The Balaban J connectivity index is 1.00. The van der Waals surface area contributed by atoms with Crippen LogP contribution in [0.25, 0.3) is 22.3 Å². The van der Waals surface area contributed by atoms with Crippen LogP contribution in [-0.4, -0.2) is 82.4 Å². The number of aromatic nitrogens is 2. The first kappa shape index (κ1) is 42.6. The predicted octanol–water partition coefficient (Wildman–Crippen LogP) is 0.446. The molecule has 7 rings (SSSR count). The van der Waals surface area contributed by atoms with Gasteiger partial charge in [0, 0.05) is 42.0 Å². The van der Waals surface area contributed by atoms with Gasteiger partial charge < -0.3 is 46.7 Å². The molecule has 3 aliphatic rings. The number of benzene rings is 2. The van der Waals surface area contributed by atoms with Crippen molar-refractivity contribution in [2.75, 3.05) is 26.2 Å². The maximum absolute atomic E-state index is 15.3. The lowest BCUT2D eigenvalue weighted by atomic mass is 9.81. The summed E-state index contributed by atoms with van der Waals surface area (Å²) in [5.74, 6) is -3.85. The molecule has 4 heterocycles. The molecule has 3 atom stereocenters. The van der Waals surface area contributed by atoms with Crippen LogP contribution < -0.4 is 37.9 Å². The standard InChI is InChI=1S/C43H47FN8O9/c1-3-43(60)27-15-32-39-25(20-52(32)41(58)26(27)21-61-42(43)59)38-29(12-11-24-22(2)28(44)16-30(51-39)37(24)38)49-33(53)10-7-13-46-35(55)18-48-40(57)31(14-23-8-5-4-6-9-23)50-36(56)19-47-34(54)17-45/h4-6,8-9,15-16,29,31,60H,3,7,10-14,17-21,45H2,1-2H3,(H,46,55)(H,47,54)(H,48,57)(H,49,53)(H,50,56)/t29-,31?,43-/m0/s1. The summed E-state index contributed by atoms with van der Waals surface area (Å²) in [5, 5.41) is 25.3. The summed E-state index contributed by atoms with van der Waals surface area (Å²) in [4.78, 5) is 94.7. The number of hydrogen-bond acceptors (Lipinski definition) is 11. The highest BCUT2D eigenvalue weighted by molar-refractivity contribution is 5.94. The van der Waals surface area contributed by atoms with E-state index in [-0.39, 0.29) is 75.5 Å². The molecule has 8 N–H and O–H groups in total. The van der Waals surface area contributed by atoms with Gasteiger partial charge in [0.05, 0.1) is 54.7 Å². The van der Waals surface area contributed by atoms with Gasteiger partial charge in [-0.1, -0.05) is 37.3 Å². The molecule has 17 nitrogen and oxygen atoms in total. The molecule has 2 aromatic heterocycles. The van der Waals surface area contributed by atoms with Crippen LogP contribution in [0.1, 0.15) is 77.6 Å². The molecule has 0 bridgehead atoms. The number of amides is 5. The number of aliphatic hydroxyl groups is 1. The zero-order chi connectivity index (χ0) is 43.6. The van der Waals surface area contributed by atoms with Gasteiger partial charge in [-0.25, -0.2) is 14.2 Å². The zero-order valence-electron chi connectivity index (χ0n) is 33.7. The summed E-state index contributed by atoms with van der Waals surface area (Å²) in [7, 11) is 0. The minimum absolute atomic E-state index is 0.0238. The molecule has 1 unspecified atom stereocenters. The number of esters is 1. The van der Waals surface area contributed by atoms with Crippen LogP contribution in [0.5, 0.6) is 0 Å². The normalized spacial score (nSPS) is 17.6. The monoisotopic (exact) mass is 838 g/mol. The maximum atomic E-state index is 15.3. The third-order valence-corrected chi connectivity index (χ3v) is 11.6. The third-order valence-electron chi connectivity index (χ3n) is 11.6. The maximum Gasteiger partial charge on any atom is 0.343 e. The quantitative estimate of drug-likeness (QED) is 0.0563. The van der Waals surface area contributed by atoms with Gasteiger partial charge in [-0.05, 0) is 60.9 Å². The molecule has 2 aromatic carbocycles. The molecule has 61 heavy (non-hydrogen) atoms. The number of halogens is 1. The highest BCUT2D eigenvalue weighted by Gasteiger charge is 2.46. The Bertz CT molecular complexity index is 2530. The molecule has 0 saturated heterocycles. The molecule has 0 radical (unpaired) electrons. The van der Waals surface area contributed by atoms with Gasteiger partial charge in [-0.3, -0.25) is 28.8 Å². The lowest BCUT2D eigenvalue weighted by Gasteiger charge is -2.31. The van der Waals surface area contributed by atoms with E-state index >= 15 is 4.39 Å². The van der Waals surface area contributed by atoms with Crippen LogP contribution >= 0.6 is 0 Å². The first-order chi connectivity index (χ1) is 29.2. The van der Waals surface area contributed by atoms with E-state index in [1.54, 1.807) is 44.2 Å². The van der Waals surface area contributed by atoms with Crippen LogP contribution in [0.4, 0.5) is 4.39 Å². The van der Waals surface area contributed by atoms with Gasteiger partial charge >= 0.3 is 5.97 Å². The molecule has 0 fully saturated rings. The molecule has 0 saturated carbocycles. The Hall–Kier alpha value is -6.53.